The maximum Gasteiger partial charge on any atom is 0.0522 e. The first kappa shape index (κ1) is 10.3. The quantitative estimate of drug-likeness (QED) is 0.607. The van der Waals surface area contributed by atoms with Gasteiger partial charge in [-0.3, -0.25) is 0 Å². The second-order valence-corrected chi connectivity index (χ2v) is 3.99. The Morgan fingerprint density at radius 3 is 2.69 bits per heavy atom. The highest BCUT2D eigenvalue weighted by atomic mass is 14.9. The highest BCUT2D eigenvalue weighted by molar-refractivity contribution is 5.28. The minimum Gasteiger partial charge on any atom is -0.308 e. The van der Waals surface area contributed by atoms with Crippen molar-refractivity contribution >= 4 is 0 Å². The van der Waals surface area contributed by atoms with Gasteiger partial charge in [-0.25, -0.2) is 0 Å². The van der Waals surface area contributed by atoms with Gasteiger partial charge >= 0.3 is 0 Å². The zero-order chi connectivity index (χ0) is 9.90. The van der Waals surface area contributed by atoms with Crippen LogP contribution in [0.2, 0.25) is 0 Å². The number of hydrogen-bond donors (Lipinski definition) is 1. The molecule has 1 aliphatic carbocycles. The highest BCUT2D eigenvalue weighted by Gasteiger charge is 2.14. The van der Waals surface area contributed by atoms with Crippen molar-refractivity contribution in [2.75, 3.05) is 7.05 Å². The predicted molar refractivity (Wildman–Crippen MR) is 58.7 cm³/mol. The van der Waals surface area contributed by atoms with E-state index in [0.717, 1.165) is 0 Å². The molecule has 0 fully saturated rings. The molecule has 1 nitrogen and oxygen atoms in total. The Morgan fingerprint density at radius 1 is 1.38 bits per heavy atom. The topological polar surface area (TPSA) is 12.0 Å². The lowest BCUT2D eigenvalue weighted by atomic mass is 9.94. The van der Waals surface area contributed by atoms with E-state index in [1.807, 2.05) is 7.05 Å². The summed E-state index contributed by atoms with van der Waals surface area (Å²) in [4.78, 5) is 0. The first-order valence-electron chi connectivity index (χ1n) is 4.82. The molecule has 1 N–H and O–H groups in total. The van der Waals surface area contributed by atoms with Crippen LogP contribution < -0.4 is 5.32 Å². The summed E-state index contributed by atoms with van der Waals surface area (Å²) in [6.07, 6.45) is 11.1. The Morgan fingerprint density at radius 2 is 2.08 bits per heavy atom. The lowest BCUT2D eigenvalue weighted by molar-refractivity contribution is 0.583. The summed E-state index contributed by atoms with van der Waals surface area (Å²) >= 11 is 0. The molecule has 0 heterocycles. The molecule has 0 aromatic heterocycles. The Hall–Kier alpha value is -0.820. The van der Waals surface area contributed by atoms with E-state index in [0.29, 0.717) is 5.92 Å². The Balaban J connectivity index is 2.97. The van der Waals surface area contributed by atoms with Crippen LogP contribution in [0.1, 0.15) is 20.8 Å². The summed E-state index contributed by atoms with van der Waals surface area (Å²) in [7, 11) is 1.99. The van der Waals surface area contributed by atoms with E-state index in [-0.39, 0.29) is 5.54 Å². The molecule has 0 aliphatic heterocycles. The molecule has 0 spiro atoms. The van der Waals surface area contributed by atoms with Crippen molar-refractivity contribution in [3.8, 4) is 0 Å². The van der Waals surface area contributed by atoms with E-state index in [1.165, 1.54) is 5.57 Å². The second-order valence-electron chi connectivity index (χ2n) is 3.99. The molecule has 1 heteroatoms. The molecule has 2 unspecified atom stereocenters. The van der Waals surface area contributed by atoms with Crippen molar-refractivity contribution in [1.29, 1.82) is 0 Å². The Kier molecular flexibility index (Phi) is 3.10. The SMILES string of the molecule is CNC1(C)C=CC(C)/C=C(C)\C=C/1. The molecule has 0 aromatic carbocycles. The van der Waals surface area contributed by atoms with Crippen molar-refractivity contribution in [2.45, 2.75) is 26.3 Å². The van der Waals surface area contributed by atoms with Crippen molar-refractivity contribution in [1.82, 2.24) is 5.32 Å². The number of allylic oxidation sites excluding steroid dienone is 4. The molecule has 0 aromatic rings. The van der Waals surface area contributed by atoms with Crippen molar-refractivity contribution < 1.29 is 0 Å². The van der Waals surface area contributed by atoms with Crippen LogP contribution in [-0.4, -0.2) is 12.6 Å². The molecule has 0 saturated carbocycles. The fraction of sp³-hybridized carbons (Fsp3) is 0.500. The van der Waals surface area contributed by atoms with E-state index in [9.17, 15) is 0 Å². The van der Waals surface area contributed by atoms with Crippen LogP contribution in [0.3, 0.4) is 0 Å². The van der Waals surface area contributed by atoms with Gasteiger partial charge in [-0.05, 0) is 26.8 Å². The molecule has 2 atom stereocenters. The van der Waals surface area contributed by atoms with Crippen LogP contribution >= 0.6 is 0 Å². The van der Waals surface area contributed by atoms with Crippen molar-refractivity contribution in [3.05, 3.63) is 36.0 Å². The van der Waals surface area contributed by atoms with Gasteiger partial charge in [-0.15, -0.1) is 0 Å². The average molecular weight is 177 g/mol. The van der Waals surface area contributed by atoms with Crippen molar-refractivity contribution in [2.24, 2.45) is 5.92 Å². The summed E-state index contributed by atoms with van der Waals surface area (Å²) in [6.45, 7) is 6.52. The molecule has 13 heavy (non-hydrogen) atoms. The van der Waals surface area contributed by atoms with Crippen LogP contribution in [0.5, 0.6) is 0 Å². The summed E-state index contributed by atoms with van der Waals surface area (Å²) in [5.74, 6) is 0.526. The Bertz CT molecular complexity index is 260. The van der Waals surface area contributed by atoms with Crippen LogP contribution in [0.25, 0.3) is 0 Å². The van der Waals surface area contributed by atoms with E-state index in [2.05, 4.69) is 56.5 Å². The maximum absolute atomic E-state index is 3.29. The third kappa shape index (κ3) is 2.85. The summed E-state index contributed by atoms with van der Waals surface area (Å²) < 4.78 is 0. The van der Waals surface area contributed by atoms with Gasteiger partial charge < -0.3 is 5.32 Å². The fourth-order valence-electron chi connectivity index (χ4n) is 1.40. The van der Waals surface area contributed by atoms with Gasteiger partial charge in [-0.1, -0.05) is 42.9 Å². The normalized spacial score (nSPS) is 40.3. The molecule has 0 saturated heterocycles. The standard InChI is InChI=1S/C12H19N/c1-10-5-7-12(3,13-4)8-6-11(2)9-10/h5-10,13H,1-4H3/b7-5?,8-6-,11-9-. The molecule has 72 valence electrons. The van der Waals surface area contributed by atoms with E-state index in [1.54, 1.807) is 0 Å². The number of likely N-dealkylation sites (N-methyl/N-ethyl adjacent to an activating group) is 1. The van der Waals surface area contributed by atoms with Gasteiger partial charge in [0, 0.05) is 0 Å². The van der Waals surface area contributed by atoms with Gasteiger partial charge in [-0.2, -0.15) is 0 Å². The first-order valence-corrected chi connectivity index (χ1v) is 4.82. The third-order valence-electron chi connectivity index (χ3n) is 2.50. The monoisotopic (exact) mass is 177 g/mol. The minimum absolute atomic E-state index is 0.00375. The second kappa shape index (κ2) is 3.93. The lowest BCUT2D eigenvalue weighted by Gasteiger charge is -2.23. The number of rotatable bonds is 1. The largest absolute Gasteiger partial charge is 0.308 e. The van der Waals surface area contributed by atoms with Gasteiger partial charge in [0.1, 0.15) is 0 Å². The average Bonchev–Trinajstić information content (AvgIpc) is 2.10. The van der Waals surface area contributed by atoms with Gasteiger partial charge in [0.15, 0.2) is 0 Å². The summed E-state index contributed by atoms with van der Waals surface area (Å²) in [6, 6.07) is 0. The van der Waals surface area contributed by atoms with E-state index < -0.39 is 0 Å². The molecule has 1 aliphatic rings. The smallest absolute Gasteiger partial charge is 0.0522 e. The molecule has 1 rings (SSSR count). The third-order valence-corrected chi connectivity index (χ3v) is 2.50. The first-order chi connectivity index (χ1) is 6.06. The summed E-state index contributed by atoms with van der Waals surface area (Å²) in [5, 5.41) is 3.29. The molecule has 0 bridgehead atoms. The predicted octanol–water partition coefficient (Wildman–Crippen LogP) is 2.67. The van der Waals surface area contributed by atoms with Gasteiger partial charge in [0.05, 0.1) is 5.54 Å². The zero-order valence-corrected chi connectivity index (χ0v) is 8.96. The highest BCUT2D eigenvalue weighted by Crippen LogP contribution is 2.16. The van der Waals surface area contributed by atoms with Crippen LogP contribution in [-0.2, 0) is 0 Å². The van der Waals surface area contributed by atoms with E-state index in [4.69, 9.17) is 0 Å². The van der Waals surface area contributed by atoms with Gasteiger partial charge in [0.25, 0.3) is 0 Å². The summed E-state index contributed by atoms with van der Waals surface area (Å²) in [5.41, 5.74) is 1.34. The Labute approximate surface area is 81.2 Å². The zero-order valence-electron chi connectivity index (χ0n) is 8.96. The molecule has 0 amide bonds. The molecular weight excluding hydrogens is 158 g/mol. The van der Waals surface area contributed by atoms with E-state index >= 15 is 0 Å². The maximum atomic E-state index is 3.29. The van der Waals surface area contributed by atoms with Crippen LogP contribution in [0.15, 0.2) is 36.0 Å². The van der Waals surface area contributed by atoms with Crippen LogP contribution in [0.4, 0.5) is 0 Å². The van der Waals surface area contributed by atoms with Gasteiger partial charge in [0.2, 0.25) is 0 Å². The number of nitrogens with one attached hydrogen (secondary N) is 1. The fourth-order valence-corrected chi connectivity index (χ4v) is 1.40. The molecular formula is C12H19N. The lowest BCUT2D eigenvalue weighted by Crippen LogP contribution is -2.35. The molecule has 0 radical (unpaired) electrons. The number of hydrogen-bond acceptors (Lipinski definition) is 1. The van der Waals surface area contributed by atoms with Crippen LogP contribution in [0, 0.1) is 5.92 Å². The van der Waals surface area contributed by atoms with Crippen molar-refractivity contribution in [3.63, 3.8) is 0 Å². The minimum atomic E-state index is 0.00375.